The molecule has 2 unspecified atom stereocenters. The summed E-state index contributed by atoms with van der Waals surface area (Å²) in [6.07, 6.45) is 6.17. The lowest BCUT2D eigenvalue weighted by Gasteiger charge is -2.29. The number of hydrogen-bond acceptors (Lipinski definition) is 5. The van der Waals surface area contributed by atoms with E-state index >= 15 is 0 Å². The lowest BCUT2D eigenvalue weighted by molar-refractivity contribution is 0.323. The second-order valence-corrected chi connectivity index (χ2v) is 7.35. The number of aryl methyl sites for hydroxylation is 1. The standard InChI is InChI=1S/C17H27N5O/c1-6-15-20-21-16(23-15)11(2)19-13-8-7-9-14-12(13)10-18-22(14)17(3,4)5/h10-11,13,19H,6-9H2,1-5H3. The summed E-state index contributed by atoms with van der Waals surface area (Å²) < 4.78 is 7.85. The zero-order chi connectivity index (χ0) is 16.6. The quantitative estimate of drug-likeness (QED) is 0.937. The van der Waals surface area contributed by atoms with Crippen LogP contribution in [0.2, 0.25) is 0 Å². The zero-order valence-corrected chi connectivity index (χ0v) is 14.8. The molecule has 2 atom stereocenters. The molecule has 6 heteroatoms. The maximum Gasteiger partial charge on any atom is 0.233 e. The Hall–Kier alpha value is -1.69. The molecule has 0 aromatic carbocycles. The summed E-state index contributed by atoms with van der Waals surface area (Å²) >= 11 is 0. The van der Waals surface area contributed by atoms with Crippen LogP contribution in [0.4, 0.5) is 0 Å². The van der Waals surface area contributed by atoms with E-state index in [1.165, 1.54) is 17.7 Å². The summed E-state index contributed by atoms with van der Waals surface area (Å²) in [4.78, 5) is 0. The summed E-state index contributed by atoms with van der Waals surface area (Å²) in [7, 11) is 0. The first kappa shape index (κ1) is 16.2. The minimum atomic E-state index is 0.0175. The molecule has 0 saturated heterocycles. The van der Waals surface area contributed by atoms with E-state index in [4.69, 9.17) is 4.42 Å². The van der Waals surface area contributed by atoms with Gasteiger partial charge >= 0.3 is 0 Å². The SMILES string of the molecule is CCc1nnc(C(C)NC2CCCc3c2cnn3C(C)(C)C)o1. The molecule has 23 heavy (non-hydrogen) atoms. The fraction of sp³-hybridized carbons (Fsp3) is 0.706. The number of fused-ring (bicyclic) bond motifs is 1. The number of nitrogens with zero attached hydrogens (tertiary/aromatic N) is 4. The molecule has 0 radical (unpaired) electrons. The van der Waals surface area contributed by atoms with Gasteiger partial charge in [-0.2, -0.15) is 5.10 Å². The van der Waals surface area contributed by atoms with Crippen LogP contribution in [0.5, 0.6) is 0 Å². The van der Waals surface area contributed by atoms with Gasteiger partial charge in [-0.3, -0.25) is 10.00 Å². The fourth-order valence-corrected chi connectivity index (χ4v) is 3.27. The minimum absolute atomic E-state index is 0.0175. The topological polar surface area (TPSA) is 68.8 Å². The van der Waals surface area contributed by atoms with Crippen LogP contribution >= 0.6 is 0 Å². The lowest BCUT2D eigenvalue weighted by Crippen LogP contribution is -2.30. The van der Waals surface area contributed by atoms with Gasteiger partial charge in [-0.1, -0.05) is 6.92 Å². The van der Waals surface area contributed by atoms with Crippen LogP contribution in [-0.4, -0.2) is 20.0 Å². The van der Waals surface area contributed by atoms with E-state index in [9.17, 15) is 0 Å². The van der Waals surface area contributed by atoms with Crippen molar-refractivity contribution in [2.24, 2.45) is 0 Å². The van der Waals surface area contributed by atoms with E-state index in [2.05, 4.69) is 53.0 Å². The van der Waals surface area contributed by atoms with E-state index < -0.39 is 0 Å². The van der Waals surface area contributed by atoms with Crippen molar-refractivity contribution in [3.63, 3.8) is 0 Å². The Balaban J connectivity index is 1.79. The largest absolute Gasteiger partial charge is 0.424 e. The molecule has 0 amide bonds. The third-order valence-corrected chi connectivity index (χ3v) is 4.42. The Kier molecular flexibility index (Phi) is 4.27. The van der Waals surface area contributed by atoms with Crippen LogP contribution in [0.15, 0.2) is 10.6 Å². The van der Waals surface area contributed by atoms with Crippen molar-refractivity contribution >= 4 is 0 Å². The molecule has 6 nitrogen and oxygen atoms in total. The summed E-state index contributed by atoms with van der Waals surface area (Å²) in [5.41, 5.74) is 2.69. The summed E-state index contributed by atoms with van der Waals surface area (Å²) in [6, 6.07) is 0.332. The first-order valence-electron chi connectivity index (χ1n) is 8.55. The molecule has 0 fully saturated rings. The van der Waals surface area contributed by atoms with E-state index in [0.717, 1.165) is 19.3 Å². The van der Waals surface area contributed by atoms with Gasteiger partial charge in [0.25, 0.3) is 0 Å². The average Bonchev–Trinajstić information content (AvgIpc) is 3.13. The van der Waals surface area contributed by atoms with E-state index in [0.29, 0.717) is 17.8 Å². The van der Waals surface area contributed by atoms with Crippen LogP contribution in [0, 0.1) is 0 Å². The highest BCUT2D eigenvalue weighted by Gasteiger charge is 2.29. The van der Waals surface area contributed by atoms with Crippen LogP contribution in [0.1, 0.15) is 82.6 Å². The van der Waals surface area contributed by atoms with E-state index in [1.807, 2.05) is 13.1 Å². The Morgan fingerprint density at radius 1 is 1.39 bits per heavy atom. The van der Waals surface area contributed by atoms with Crippen molar-refractivity contribution in [2.45, 2.75) is 77.9 Å². The summed E-state index contributed by atoms with van der Waals surface area (Å²) in [5.74, 6) is 1.36. The highest BCUT2D eigenvalue weighted by atomic mass is 16.4. The zero-order valence-electron chi connectivity index (χ0n) is 14.8. The van der Waals surface area contributed by atoms with Crippen molar-refractivity contribution in [3.8, 4) is 0 Å². The minimum Gasteiger partial charge on any atom is -0.424 e. The monoisotopic (exact) mass is 317 g/mol. The molecule has 1 N–H and O–H groups in total. The van der Waals surface area contributed by atoms with Gasteiger partial charge in [-0.15, -0.1) is 10.2 Å². The van der Waals surface area contributed by atoms with Crippen molar-refractivity contribution in [1.29, 1.82) is 0 Å². The van der Waals surface area contributed by atoms with Crippen LogP contribution in [-0.2, 0) is 18.4 Å². The lowest BCUT2D eigenvalue weighted by atomic mass is 9.91. The van der Waals surface area contributed by atoms with Gasteiger partial charge in [0.05, 0.1) is 17.8 Å². The molecule has 0 saturated carbocycles. The number of nitrogens with one attached hydrogen (secondary N) is 1. The summed E-state index contributed by atoms with van der Waals surface area (Å²) in [5, 5.41) is 16.5. The van der Waals surface area contributed by atoms with Gasteiger partial charge in [0.15, 0.2) is 0 Å². The average molecular weight is 317 g/mol. The highest BCUT2D eigenvalue weighted by molar-refractivity contribution is 5.26. The first-order valence-corrected chi connectivity index (χ1v) is 8.55. The Morgan fingerprint density at radius 2 is 2.17 bits per heavy atom. The summed E-state index contributed by atoms with van der Waals surface area (Å²) in [6.45, 7) is 10.7. The second kappa shape index (κ2) is 6.07. The molecule has 2 heterocycles. The molecule has 3 rings (SSSR count). The van der Waals surface area contributed by atoms with Gasteiger partial charge in [0, 0.05) is 23.7 Å². The van der Waals surface area contributed by atoms with Crippen LogP contribution in [0.3, 0.4) is 0 Å². The van der Waals surface area contributed by atoms with E-state index in [1.54, 1.807) is 0 Å². The smallest absolute Gasteiger partial charge is 0.233 e. The second-order valence-electron chi connectivity index (χ2n) is 7.35. The maximum absolute atomic E-state index is 5.68. The third-order valence-electron chi connectivity index (χ3n) is 4.42. The van der Waals surface area contributed by atoms with Crippen molar-refractivity contribution in [1.82, 2.24) is 25.3 Å². The van der Waals surface area contributed by atoms with Crippen LogP contribution < -0.4 is 5.32 Å². The molecular formula is C17H27N5O. The number of rotatable bonds is 4. The maximum atomic E-state index is 5.68. The van der Waals surface area contributed by atoms with Crippen molar-refractivity contribution < 1.29 is 4.42 Å². The van der Waals surface area contributed by atoms with E-state index in [-0.39, 0.29) is 11.6 Å². The Bertz CT molecular complexity index is 667. The molecule has 2 aromatic rings. The van der Waals surface area contributed by atoms with Gasteiger partial charge in [0.2, 0.25) is 11.8 Å². The highest BCUT2D eigenvalue weighted by Crippen LogP contribution is 2.33. The third kappa shape index (κ3) is 3.17. The number of aromatic nitrogens is 4. The molecule has 0 aliphatic heterocycles. The van der Waals surface area contributed by atoms with Gasteiger partial charge < -0.3 is 4.42 Å². The van der Waals surface area contributed by atoms with Crippen LogP contribution in [0.25, 0.3) is 0 Å². The van der Waals surface area contributed by atoms with Gasteiger partial charge in [-0.05, 0) is 47.0 Å². The predicted octanol–water partition coefficient (Wildman–Crippen LogP) is 3.31. The Morgan fingerprint density at radius 3 is 2.83 bits per heavy atom. The van der Waals surface area contributed by atoms with Crippen molar-refractivity contribution in [3.05, 3.63) is 29.2 Å². The van der Waals surface area contributed by atoms with Crippen molar-refractivity contribution in [2.75, 3.05) is 0 Å². The molecule has 0 bridgehead atoms. The molecule has 1 aliphatic carbocycles. The normalized spacial score (nSPS) is 19.6. The Labute approximate surface area is 137 Å². The molecule has 126 valence electrons. The first-order chi connectivity index (χ1) is 10.9. The number of hydrogen-bond donors (Lipinski definition) is 1. The molecular weight excluding hydrogens is 290 g/mol. The fourth-order valence-electron chi connectivity index (χ4n) is 3.27. The van der Waals surface area contributed by atoms with Gasteiger partial charge in [0.1, 0.15) is 0 Å². The molecule has 0 spiro atoms. The molecule has 1 aliphatic rings. The van der Waals surface area contributed by atoms with Gasteiger partial charge in [-0.25, -0.2) is 0 Å². The molecule has 2 aromatic heterocycles. The predicted molar refractivity (Wildman–Crippen MR) is 88.1 cm³/mol.